The summed E-state index contributed by atoms with van der Waals surface area (Å²) in [5, 5.41) is 10.6. The maximum Gasteiger partial charge on any atom is 0.408 e. The van der Waals surface area contributed by atoms with Crippen LogP contribution in [-0.4, -0.2) is 16.3 Å². The van der Waals surface area contributed by atoms with Crippen LogP contribution in [-0.2, 0) is 4.74 Å². The number of hydrogen-bond acceptors (Lipinski definition) is 4. The first-order valence-electron chi connectivity index (χ1n) is 5.64. The Morgan fingerprint density at radius 1 is 1.11 bits per heavy atom. The largest absolute Gasteiger partial charge is 0.437 e. The normalized spacial score (nSPS) is 22.3. The molecule has 0 radical (unpaired) electrons. The lowest BCUT2D eigenvalue weighted by Crippen LogP contribution is -2.19. The van der Waals surface area contributed by atoms with Gasteiger partial charge in [-0.05, 0) is 17.7 Å². The number of benzene rings is 1. The molecule has 2 atom stereocenters. The predicted molar refractivity (Wildman–Crippen MR) is 63.6 cm³/mol. The van der Waals surface area contributed by atoms with Gasteiger partial charge in [-0.25, -0.2) is 4.79 Å². The fourth-order valence-electron chi connectivity index (χ4n) is 2.03. The highest BCUT2D eigenvalue weighted by Gasteiger charge is 2.37. The van der Waals surface area contributed by atoms with Crippen LogP contribution in [0.2, 0.25) is 0 Å². The van der Waals surface area contributed by atoms with Crippen LogP contribution >= 0.6 is 0 Å². The van der Waals surface area contributed by atoms with E-state index in [0.717, 1.165) is 5.56 Å². The van der Waals surface area contributed by atoms with E-state index in [9.17, 15) is 4.79 Å². The van der Waals surface area contributed by atoms with E-state index < -0.39 is 12.2 Å². The molecule has 3 rings (SSSR count). The minimum absolute atomic E-state index is 0.226. The number of carbonyl (C=O) groups excluding carboxylic acids is 1. The fourth-order valence-corrected chi connectivity index (χ4v) is 2.03. The Hall–Kier alpha value is -2.43. The molecule has 5 nitrogen and oxygen atoms in total. The highest BCUT2D eigenvalue weighted by Crippen LogP contribution is 2.35. The summed E-state index contributed by atoms with van der Waals surface area (Å²) in [5.41, 5.74) is 1.63. The molecule has 2 heterocycles. The molecule has 1 aliphatic rings. The Labute approximate surface area is 104 Å². The van der Waals surface area contributed by atoms with Crippen molar-refractivity contribution in [3.63, 3.8) is 0 Å². The first-order chi connectivity index (χ1) is 8.84. The topological polar surface area (TPSA) is 64.1 Å². The maximum atomic E-state index is 11.4. The van der Waals surface area contributed by atoms with E-state index in [1.54, 1.807) is 18.3 Å². The SMILES string of the molecule is O=C1N[C@@H](c2ccccc2)[C@H](c2cccnn2)O1. The third-order valence-corrected chi connectivity index (χ3v) is 2.85. The molecule has 0 bridgehead atoms. The third kappa shape index (κ3) is 1.90. The lowest BCUT2D eigenvalue weighted by molar-refractivity contribution is 0.129. The Kier molecular flexibility index (Phi) is 2.64. The monoisotopic (exact) mass is 241 g/mol. The van der Waals surface area contributed by atoms with Gasteiger partial charge in [-0.15, -0.1) is 0 Å². The number of carbonyl (C=O) groups is 1. The second-order valence-electron chi connectivity index (χ2n) is 4.01. The highest BCUT2D eigenvalue weighted by atomic mass is 16.6. The molecule has 90 valence electrons. The molecule has 1 N–H and O–H groups in total. The van der Waals surface area contributed by atoms with Crippen molar-refractivity contribution in [1.82, 2.24) is 15.5 Å². The van der Waals surface area contributed by atoms with Crippen molar-refractivity contribution in [1.29, 1.82) is 0 Å². The molecule has 2 aromatic rings. The van der Waals surface area contributed by atoms with Gasteiger partial charge >= 0.3 is 6.09 Å². The average Bonchev–Trinajstić information content (AvgIpc) is 2.83. The average molecular weight is 241 g/mol. The van der Waals surface area contributed by atoms with Gasteiger partial charge in [0.1, 0.15) is 11.7 Å². The van der Waals surface area contributed by atoms with Gasteiger partial charge in [0.05, 0.1) is 0 Å². The van der Waals surface area contributed by atoms with E-state index >= 15 is 0 Å². The summed E-state index contributed by atoms with van der Waals surface area (Å²) in [6.07, 6.45) is 0.721. The van der Waals surface area contributed by atoms with E-state index in [1.807, 2.05) is 30.3 Å². The highest BCUT2D eigenvalue weighted by molar-refractivity contribution is 5.71. The molecule has 1 saturated heterocycles. The number of ether oxygens (including phenoxy) is 1. The van der Waals surface area contributed by atoms with Crippen molar-refractivity contribution < 1.29 is 9.53 Å². The van der Waals surface area contributed by atoms with Crippen LogP contribution in [0.4, 0.5) is 4.79 Å². The van der Waals surface area contributed by atoms with Crippen LogP contribution < -0.4 is 5.32 Å². The number of alkyl carbamates (subject to hydrolysis) is 1. The minimum atomic E-state index is -0.436. The third-order valence-electron chi connectivity index (χ3n) is 2.85. The summed E-state index contributed by atoms with van der Waals surface area (Å²) in [4.78, 5) is 11.4. The van der Waals surface area contributed by atoms with E-state index in [0.29, 0.717) is 5.69 Å². The molecule has 0 aliphatic carbocycles. The number of nitrogens with zero attached hydrogens (tertiary/aromatic N) is 2. The molecule has 0 saturated carbocycles. The van der Waals surface area contributed by atoms with Crippen molar-refractivity contribution in [2.45, 2.75) is 12.1 Å². The first kappa shape index (κ1) is 10.7. The number of aromatic nitrogens is 2. The first-order valence-corrected chi connectivity index (χ1v) is 5.64. The molecule has 18 heavy (non-hydrogen) atoms. The Bertz CT molecular complexity index is 495. The quantitative estimate of drug-likeness (QED) is 0.873. The molecular weight excluding hydrogens is 230 g/mol. The van der Waals surface area contributed by atoms with Crippen LogP contribution in [0.25, 0.3) is 0 Å². The summed E-state index contributed by atoms with van der Waals surface area (Å²) < 4.78 is 5.26. The minimum Gasteiger partial charge on any atom is -0.437 e. The van der Waals surface area contributed by atoms with E-state index in [4.69, 9.17) is 4.74 Å². The maximum absolute atomic E-state index is 11.4. The number of amides is 1. The summed E-state index contributed by atoms with van der Waals surface area (Å²) in [7, 11) is 0. The predicted octanol–water partition coefficient (Wildman–Crippen LogP) is 2.00. The molecule has 5 heteroatoms. The molecule has 0 spiro atoms. The van der Waals surface area contributed by atoms with Gasteiger partial charge in [-0.1, -0.05) is 30.3 Å². The molecular formula is C13H11N3O2. The summed E-state index contributed by atoms with van der Waals surface area (Å²) in [6.45, 7) is 0. The van der Waals surface area contributed by atoms with Crippen molar-refractivity contribution in [2.75, 3.05) is 0 Å². The standard InChI is InChI=1S/C13H11N3O2/c17-13-15-11(9-5-2-1-3-6-9)12(18-13)10-7-4-8-14-16-10/h1-8,11-12H,(H,15,17)/t11-,12-/m0/s1. The lowest BCUT2D eigenvalue weighted by atomic mass is 10.00. The van der Waals surface area contributed by atoms with Crippen LogP contribution in [0, 0.1) is 0 Å². The Morgan fingerprint density at radius 2 is 1.94 bits per heavy atom. The van der Waals surface area contributed by atoms with E-state index in [2.05, 4.69) is 15.5 Å². The summed E-state index contributed by atoms with van der Waals surface area (Å²) in [6, 6.07) is 13.0. The van der Waals surface area contributed by atoms with Crippen molar-refractivity contribution in [3.8, 4) is 0 Å². The van der Waals surface area contributed by atoms with Gasteiger partial charge < -0.3 is 10.1 Å². The molecule has 0 unspecified atom stereocenters. The van der Waals surface area contributed by atoms with Gasteiger partial charge in [0.2, 0.25) is 0 Å². The van der Waals surface area contributed by atoms with Crippen molar-refractivity contribution in [3.05, 3.63) is 59.9 Å². The van der Waals surface area contributed by atoms with Crippen molar-refractivity contribution >= 4 is 6.09 Å². The van der Waals surface area contributed by atoms with Gasteiger partial charge in [0.15, 0.2) is 6.10 Å². The van der Waals surface area contributed by atoms with Gasteiger partial charge in [-0.3, -0.25) is 0 Å². The fraction of sp³-hybridized carbons (Fsp3) is 0.154. The zero-order valence-corrected chi connectivity index (χ0v) is 9.48. The molecule has 1 amide bonds. The smallest absolute Gasteiger partial charge is 0.408 e. The number of nitrogens with one attached hydrogen (secondary N) is 1. The summed E-state index contributed by atoms with van der Waals surface area (Å²) in [5.74, 6) is 0. The van der Waals surface area contributed by atoms with E-state index in [1.165, 1.54) is 0 Å². The van der Waals surface area contributed by atoms with Crippen molar-refractivity contribution in [2.24, 2.45) is 0 Å². The lowest BCUT2D eigenvalue weighted by Gasteiger charge is -2.15. The number of rotatable bonds is 2. The molecule has 1 aromatic heterocycles. The number of cyclic esters (lactones) is 1. The number of hydrogen-bond donors (Lipinski definition) is 1. The summed E-state index contributed by atoms with van der Waals surface area (Å²) >= 11 is 0. The van der Waals surface area contributed by atoms with Crippen LogP contribution in [0.5, 0.6) is 0 Å². The molecule has 1 fully saturated rings. The van der Waals surface area contributed by atoms with Crippen LogP contribution in [0.15, 0.2) is 48.7 Å². The Morgan fingerprint density at radius 3 is 2.67 bits per heavy atom. The zero-order chi connectivity index (χ0) is 12.4. The van der Waals surface area contributed by atoms with E-state index in [-0.39, 0.29) is 6.04 Å². The van der Waals surface area contributed by atoms with Gasteiger partial charge in [0.25, 0.3) is 0 Å². The second kappa shape index (κ2) is 4.44. The Balaban J connectivity index is 1.96. The van der Waals surface area contributed by atoms with Crippen LogP contribution in [0.3, 0.4) is 0 Å². The molecule has 1 aliphatic heterocycles. The van der Waals surface area contributed by atoms with Gasteiger partial charge in [0, 0.05) is 6.20 Å². The second-order valence-corrected chi connectivity index (χ2v) is 4.01. The van der Waals surface area contributed by atoms with Gasteiger partial charge in [-0.2, -0.15) is 10.2 Å². The molecule has 1 aromatic carbocycles. The zero-order valence-electron chi connectivity index (χ0n) is 9.48. The van der Waals surface area contributed by atoms with Crippen LogP contribution in [0.1, 0.15) is 23.4 Å².